The molecule has 2 heterocycles. The lowest BCUT2D eigenvalue weighted by Crippen LogP contribution is -2.39. The van der Waals surface area contributed by atoms with E-state index in [-0.39, 0.29) is 25.0 Å². The summed E-state index contributed by atoms with van der Waals surface area (Å²) >= 11 is 1.55. The van der Waals surface area contributed by atoms with Crippen LogP contribution in [0.15, 0.2) is 16.8 Å². The van der Waals surface area contributed by atoms with Gasteiger partial charge in [-0.3, -0.25) is 4.90 Å². The quantitative estimate of drug-likeness (QED) is 0.921. The number of nitrogens with two attached hydrogens (primary N) is 1. The summed E-state index contributed by atoms with van der Waals surface area (Å²) in [5.41, 5.74) is 6.97. The van der Waals surface area contributed by atoms with Crippen LogP contribution in [0.5, 0.6) is 0 Å². The first-order valence-electron chi connectivity index (χ1n) is 5.98. The summed E-state index contributed by atoms with van der Waals surface area (Å²) in [5.74, 6) is -1.21. The highest BCUT2D eigenvalue weighted by Gasteiger charge is 2.45. The van der Waals surface area contributed by atoms with E-state index in [0.29, 0.717) is 6.54 Å². The van der Waals surface area contributed by atoms with Gasteiger partial charge >= 0.3 is 6.18 Å². The molecule has 1 aliphatic heterocycles. The molecular formula is C12H17F3N2S. The van der Waals surface area contributed by atoms with Crippen molar-refractivity contribution in [3.05, 3.63) is 22.4 Å². The van der Waals surface area contributed by atoms with E-state index in [1.165, 1.54) is 0 Å². The SMILES string of the molecule is CC(N)C(c1ccsc1)N1CCC(C(F)(F)F)C1. The third kappa shape index (κ3) is 2.87. The number of hydrogen-bond acceptors (Lipinski definition) is 3. The van der Waals surface area contributed by atoms with Gasteiger partial charge in [0.1, 0.15) is 0 Å². The first kappa shape index (κ1) is 13.8. The van der Waals surface area contributed by atoms with Gasteiger partial charge in [-0.2, -0.15) is 24.5 Å². The first-order valence-corrected chi connectivity index (χ1v) is 6.92. The highest BCUT2D eigenvalue weighted by Crippen LogP contribution is 2.37. The van der Waals surface area contributed by atoms with Gasteiger partial charge in [-0.1, -0.05) is 0 Å². The van der Waals surface area contributed by atoms with Crippen molar-refractivity contribution in [3.8, 4) is 0 Å². The fourth-order valence-electron chi connectivity index (χ4n) is 2.60. The number of hydrogen-bond donors (Lipinski definition) is 1. The third-order valence-corrected chi connectivity index (χ3v) is 4.16. The average Bonchev–Trinajstić information content (AvgIpc) is 2.86. The molecule has 0 aromatic carbocycles. The molecule has 0 spiro atoms. The Balaban J connectivity index is 2.11. The summed E-state index contributed by atoms with van der Waals surface area (Å²) in [5, 5.41) is 3.90. The maximum atomic E-state index is 12.7. The van der Waals surface area contributed by atoms with Gasteiger partial charge in [-0.25, -0.2) is 0 Å². The molecule has 102 valence electrons. The molecule has 0 saturated carbocycles. The van der Waals surface area contributed by atoms with Gasteiger partial charge in [0.25, 0.3) is 0 Å². The third-order valence-electron chi connectivity index (χ3n) is 3.46. The van der Waals surface area contributed by atoms with E-state index < -0.39 is 12.1 Å². The second kappa shape index (κ2) is 5.19. The molecule has 2 nitrogen and oxygen atoms in total. The minimum atomic E-state index is -4.09. The van der Waals surface area contributed by atoms with Crippen molar-refractivity contribution in [2.24, 2.45) is 11.7 Å². The molecule has 0 bridgehead atoms. The van der Waals surface area contributed by atoms with E-state index in [4.69, 9.17) is 5.73 Å². The van der Waals surface area contributed by atoms with Gasteiger partial charge in [-0.05, 0) is 42.3 Å². The van der Waals surface area contributed by atoms with Crippen molar-refractivity contribution >= 4 is 11.3 Å². The normalized spacial score (nSPS) is 25.3. The van der Waals surface area contributed by atoms with Crippen molar-refractivity contribution in [2.75, 3.05) is 13.1 Å². The molecule has 6 heteroatoms. The molecule has 1 aromatic rings. The molecule has 0 radical (unpaired) electrons. The fraction of sp³-hybridized carbons (Fsp3) is 0.667. The number of halogens is 3. The summed E-state index contributed by atoms with van der Waals surface area (Å²) in [7, 11) is 0. The smallest absolute Gasteiger partial charge is 0.326 e. The zero-order valence-electron chi connectivity index (χ0n) is 10.2. The Morgan fingerprint density at radius 1 is 1.50 bits per heavy atom. The van der Waals surface area contributed by atoms with Gasteiger partial charge in [-0.15, -0.1) is 0 Å². The molecule has 18 heavy (non-hydrogen) atoms. The molecule has 0 aliphatic carbocycles. The molecule has 1 aromatic heterocycles. The Morgan fingerprint density at radius 3 is 2.67 bits per heavy atom. The molecule has 2 N–H and O–H groups in total. The Kier molecular flexibility index (Phi) is 3.99. The standard InChI is InChI=1S/C12H17F3N2S/c1-8(16)11(9-3-5-18-7-9)17-4-2-10(6-17)12(13,14)15/h3,5,7-8,10-11H,2,4,6,16H2,1H3. The van der Waals surface area contributed by atoms with E-state index in [0.717, 1.165) is 5.56 Å². The van der Waals surface area contributed by atoms with Crippen LogP contribution in [0.3, 0.4) is 0 Å². The summed E-state index contributed by atoms with van der Waals surface area (Å²) in [6, 6.07) is 1.66. The summed E-state index contributed by atoms with van der Waals surface area (Å²) in [4.78, 5) is 1.87. The van der Waals surface area contributed by atoms with Crippen LogP contribution in [0.2, 0.25) is 0 Å². The minimum absolute atomic E-state index is 0.0611. The minimum Gasteiger partial charge on any atom is -0.326 e. The van der Waals surface area contributed by atoms with Crippen LogP contribution in [0.1, 0.15) is 24.9 Å². The predicted octanol–water partition coefficient (Wildman–Crippen LogP) is 3.02. The molecule has 3 atom stereocenters. The number of thiophene rings is 1. The van der Waals surface area contributed by atoms with E-state index in [1.54, 1.807) is 11.3 Å². The predicted molar refractivity (Wildman–Crippen MR) is 66.4 cm³/mol. The molecule has 3 unspecified atom stereocenters. The second-order valence-corrected chi connectivity index (χ2v) is 5.66. The lowest BCUT2D eigenvalue weighted by atomic mass is 10.0. The van der Waals surface area contributed by atoms with Crippen LogP contribution in [-0.4, -0.2) is 30.2 Å². The van der Waals surface area contributed by atoms with Gasteiger partial charge in [0.15, 0.2) is 0 Å². The van der Waals surface area contributed by atoms with Crippen LogP contribution in [-0.2, 0) is 0 Å². The van der Waals surface area contributed by atoms with E-state index >= 15 is 0 Å². The lowest BCUT2D eigenvalue weighted by Gasteiger charge is -2.30. The number of alkyl halides is 3. The van der Waals surface area contributed by atoms with Crippen molar-refractivity contribution in [1.29, 1.82) is 0 Å². The number of likely N-dealkylation sites (tertiary alicyclic amines) is 1. The number of rotatable bonds is 3. The van der Waals surface area contributed by atoms with Gasteiger partial charge in [0.2, 0.25) is 0 Å². The van der Waals surface area contributed by atoms with Crippen LogP contribution < -0.4 is 5.73 Å². The van der Waals surface area contributed by atoms with Crippen molar-refractivity contribution < 1.29 is 13.2 Å². The van der Waals surface area contributed by atoms with Gasteiger partial charge in [0.05, 0.1) is 12.0 Å². The van der Waals surface area contributed by atoms with Gasteiger partial charge < -0.3 is 5.73 Å². The van der Waals surface area contributed by atoms with Crippen LogP contribution in [0, 0.1) is 5.92 Å². The van der Waals surface area contributed by atoms with Crippen LogP contribution >= 0.6 is 11.3 Å². The molecule has 1 fully saturated rings. The Morgan fingerprint density at radius 2 is 2.22 bits per heavy atom. The fourth-order valence-corrected chi connectivity index (χ4v) is 3.29. The van der Waals surface area contributed by atoms with Crippen molar-refractivity contribution in [1.82, 2.24) is 4.90 Å². The first-order chi connectivity index (χ1) is 8.39. The second-order valence-electron chi connectivity index (χ2n) is 4.88. The average molecular weight is 278 g/mol. The highest BCUT2D eigenvalue weighted by atomic mass is 32.1. The summed E-state index contributed by atoms with van der Waals surface area (Å²) in [6.45, 7) is 2.38. The molecule has 1 aliphatic rings. The van der Waals surface area contributed by atoms with E-state index in [1.807, 2.05) is 28.7 Å². The highest BCUT2D eigenvalue weighted by molar-refractivity contribution is 7.07. The molecule has 1 saturated heterocycles. The van der Waals surface area contributed by atoms with Crippen molar-refractivity contribution in [2.45, 2.75) is 31.6 Å². The zero-order chi connectivity index (χ0) is 13.3. The largest absolute Gasteiger partial charge is 0.393 e. The van der Waals surface area contributed by atoms with Crippen LogP contribution in [0.25, 0.3) is 0 Å². The van der Waals surface area contributed by atoms with Crippen molar-refractivity contribution in [3.63, 3.8) is 0 Å². The van der Waals surface area contributed by atoms with E-state index in [9.17, 15) is 13.2 Å². The molecular weight excluding hydrogens is 261 g/mol. The summed E-state index contributed by atoms with van der Waals surface area (Å²) in [6.07, 6.45) is -3.91. The zero-order valence-corrected chi connectivity index (χ0v) is 11.0. The van der Waals surface area contributed by atoms with E-state index in [2.05, 4.69) is 0 Å². The molecule has 2 rings (SSSR count). The topological polar surface area (TPSA) is 29.3 Å². The monoisotopic (exact) mass is 278 g/mol. The van der Waals surface area contributed by atoms with Gasteiger partial charge in [0, 0.05) is 12.6 Å². The Hall–Kier alpha value is -0.590. The maximum absolute atomic E-state index is 12.7. The maximum Gasteiger partial charge on any atom is 0.393 e. The van der Waals surface area contributed by atoms with Crippen LogP contribution in [0.4, 0.5) is 13.2 Å². The summed E-state index contributed by atoms with van der Waals surface area (Å²) < 4.78 is 38.1. The Labute approximate surface area is 109 Å². The number of nitrogens with zero attached hydrogens (tertiary/aromatic N) is 1. The Bertz CT molecular complexity index is 375. The molecule has 0 amide bonds. The lowest BCUT2D eigenvalue weighted by molar-refractivity contribution is -0.171.